The van der Waals surface area contributed by atoms with Crippen LogP contribution in [0.2, 0.25) is 5.02 Å². The number of rotatable bonds is 2. The van der Waals surface area contributed by atoms with Crippen LogP contribution in [0.3, 0.4) is 0 Å². The molecule has 1 atom stereocenters. The lowest BCUT2D eigenvalue weighted by atomic mass is 10.0. The number of aryl methyl sites for hydroxylation is 2. The Kier molecular flexibility index (Phi) is 4.61. The molecule has 1 aliphatic rings. The molecule has 0 aliphatic carbocycles. The Labute approximate surface area is 166 Å². The molecule has 2 N–H and O–H groups in total. The van der Waals surface area contributed by atoms with E-state index in [1.54, 1.807) is 28.6 Å². The van der Waals surface area contributed by atoms with Crippen LogP contribution >= 0.6 is 23.4 Å². The molecule has 1 amide bonds. The highest BCUT2D eigenvalue weighted by atomic mass is 35.5. The number of benzene rings is 2. The van der Waals surface area contributed by atoms with Crippen molar-refractivity contribution in [2.75, 3.05) is 11.1 Å². The van der Waals surface area contributed by atoms with Gasteiger partial charge in [0, 0.05) is 10.6 Å². The summed E-state index contributed by atoms with van der Waals surface area (Å²) in [6, 6.07) is 12.8. The Hall–Kier alpha value is -2.44. The van der Waals surface area contributed by atoms with E-state index in [-0.39, 0.29) is 16.9 Å². The molecule has 2 aromatic carbocycles. The molecule has 0 radical (unpaired) electrons. The largest absolute Gasteiger partial charge is 0.508 e. The third-order valence-electron chi connectivity index (χ3n) is 4.60. The zero-order chi connectivity index (χ0) is 19.1. The van der Waals surface area contributed by atoms with E-state index in [1.165, 1.54) is 0 Å². The number of aromatic nitrogens is 2. The number of halogens is 1. The molecule has 1 aliphatic heterocycles. The number of phenols is 1. The fourth-order valence-corrected chi connectivity index (χ4v) is 4.56. The summed E-state index contributed by atoms with van der Waals surface area (Å²) in [5, 5.41) is 17.9. The second kappa shape index (κ2) is 6.94. The molecular weight excluding hydrogens is 382 g/mol. The number of hydrogen-bond donors (Lipinski definition) is 2. The van der Waals surface area contributed by atoms with Gasteiger partial charge in [-0.05, 0) is 49.2 Å². The molecule has 138 valence electrons. The van der Waals surface area contributed by atoms with Crippen LogP contribution in [0.5, 0.6) is 5.75 Å². The van der Waals surface area contributed by atoms with E-state index in [0.717, 1.165) is 28.1 Å². The Bertz CT molecular complexity index is 1030. The third kappa shape index (κ3) is 3.31. The van der Waals surface area contributed by atoms with Gasteiger partial charge in [0.15, 0.2) is 0 Å². The standard InChI is InChI=1S/C20H18ClN3O2S/c1-11-3-6-14(9-16(11)21)24-20-18(12(2)23-24)19(27-10-17(26)22-20)13-4-7-15(25)8-5-13/h3-9,19,25H,10H2,1-2H3,(H,22,26)/t19-/m0/s1. The minimum Gasteiger partial charge on any atom is -0.508 e. The first-order chi connectivity index (χ1) is 12.9. The smallest absolute Gasteiger partial charge is 0.235 e. The Balaban J connectivity index is 1.88. The minimum atomic E-state index is -0.0677. The third-order valence-corrected chi connectivity index (χ3v) is 6.28. The first kappa shape index (κ1) is 17.9. The highest BCUT2D eigenvalue weighted by Crippen LogP contribution is 2.44. The molecule has 3 aromatic rings. The van der Waals surface area contributed by atoms with Crippen LogP contribution in [0.1, 0.15) is 27.6 Å². The van der Waals surface area contributed by atoms with E-state index in [0.29, 0.717) is 16.6 Å². The van der Waals surface area contributed by atoms with Crippen molar-refractivity contribution in [2.45, 2.75) is 19.1 Å². The normalized spacial score (nSPS) is 16.6. The summed E-state index contributed by atoms with van der Waals surface area (Å²) in [5.41, 5.74) is 4.60. The van der Waals surface area contributed by atoms with Gasteiger partial charge in [0.2, 0.25) is 5.91 Å². The first-order valence-electron chi connectivity index (χ1n) is 8.50. The highest BCUT2D eigenvalue weighted by molar-refractivity contribution is 8.00. The van der Waals surface area contributed by atoms with Gasteiger partial charge in [-0.25, -0.2) is 4.68 Å². The molecule has 0 bridgehead atoms. The van der Waals surface area contributed by atoms with Crippen LogP contribution in [0.4, 0.5) is 5.82 Å². The average Bonchev–Trinajstić information content (AvgIpc) is 2.84. The fraction of sp³-hybridized carbons (Fsp3) is 0.200. The second-order valence-electron chi connectivity index (χ2n) is 6.52. The Morgan fingerprint density at radius 1 is 1.22 bits per heavy atom. The van der Waals surface area contributed by atoms with Crippen LogP contribution < -0.4 is 5.32 Å². The van der Waals surface area contributed by atoms with Crippen molar-refractivity contribution in [1.29, 1.82) is 0 Å². The maximum absolute atomic E-state index is 12.4. The molecule has 0 fully saturated rings. The molecule has 1 aromatic heterocycles. The second-order valence-corrected chi connectivity index (χ2v) is 8.02. The number of phenolic OH excluding ortho intramolecular Hbond substituents is 1. The summed E-state index contributed by atoms with van der Waals surface area (Å²) < 4.78 is 1.74. The molecule has 0 spiro atoms. The average molecular weight is 400 g/mol. The number of hydrogen-bond acceptors (Lipinski definition) is 4. The number of nitrogens with one attached hydrogen (secondary N) is 1. The van der Waals surface area contributed by atoms with Crippen LogP contribution in [0.15, 0.2) is 42.5 Å². The molecular formula is C20H18ClN3O2S. The lowest BCUT2D eigenvalue weighted by molar-refractivity contribution is -0.113. The lowest BCUT2D eigenvalue weighted by Crippen LogP contribution is -2.15. The predicted octanol–water partition coefficient (Wildman–Crippen LogP) is 4.62. The molecule has 0 saturated carbocycles. The van der Waals surface area contributed by atoms with Gasteiger partial charge in [0.05, 0.1) is 22.4 Å². The number of anilines is 1. The van der Waals surface area contributed by atoms with Gasteiger partial charge in [0.25, 0.3) is 0 Å². The van der Waals surface area contributed by atoms with Gasteiger partial charge in [-0.3, -0.25) is 4.79 Å². The van der Waals surface area contributed by atoms with Crippen molar-refractivity contribution in [3.05, 3.63) is 69.9 Å². The van der Waals surface area contributed by atoms with Gasteiger partial charge in [-0.15, -0.1) is 11.8 Å². The minimum absolute atomic E-state index is 0.0609. The Morgan fingerprint density at radius 2 is 1.96 bits per heavy atom. The molecule has 0 unspecified atom stereocenters. The van der Waals surface area contributed by atoms with Crippen molar-refractivity contribution < 1.29 is 9.90 Å². The summed E-state index contributed by atoms with van der Waals surface area (Å²) in [6.07, 6.45) is 0. The fourth-order valence-electron chi connectivity index (χ4n) is 3.20. The maximum Gasteiger partial charge on any atom is 0.235 e. The first-order valence-corrected chi connectivity index (χ1v) is 9.93. The molecule has 0 saturated heterocycles. The maximum atomic E-state index is 12.4. The van der Waals surface area contributed by atoms with Crippen LogP contribution in [0.25, 0.3) is 5.69 Å². The zero-order valence-electron chi connectivity index (χ0n) is 14.9. The van der Waals surface area contributed by atoms with Gasteiger partial charge < -0.3 is 10.4 Å². The number of aromatic hydroxyl groups is 1. The van der Waals surface area contributed by atoms with Crippen molar-refractivity contribution >= 4 is 35.1 Å². The molecule has 27 heavy (non-hydrogen) atoms. The van der Waals surface area contributed by atoms with Crippen molar-refractivity contribution in [2.24, 2.45) is 0 Å². The topological polar surface area (TPSA) is 67.2 Å². The van der Waals surface area contributed by atoms with Crippen molar-refractivity contribution in [3.63, 3.8) is 0 Å². The summed E-state index contributed by atoms with van der Waals surface area (Å²) >= 11 is 7.85. The van der Waals surface area contributed by atoms with E-state index < -0.39 is 0 Å². The number of carbonyl (C=O) groups is 1. The monoisotopic (exact) mass is 399 g/mol. The van der Waals surface area contributed by atoms with Crippen LogP contribution in [0, 0.1) is 13.8 Å². The van der Waals surface area contributed by atoms with Gasteiger partial charge >= 0.3 is 0 Å². The lowest BCUT2D eigenvalue weighted by Gasteiger charge is -2.15. The molecule has 2 heterocycles. The highest BCUT2D eigenvalue weighted by Gasteiger charge is 2.30. The van der Waals surface area contributed by atoms with E-state index in [4.69, 9.17) is 11.6 Å². The number of nitrogens with zero attached hydrogens (tertiary/aromatic N) is 2. The quantitative estimate of drug-likeness (QED) is 0.659. The summed E-state index contributed by atoms with van der Waals surface area (Å²) in [6.45, 7) is 3.89. The van der Waals surface area contributed by atoms with Gasteiger partial charge in [-0.1, -0.05) is 29.8 Å². The molecule has 7 heteroatoms. The SMILES string of the molecule is Cc1ccc(-n2nc(C)c3c2NC(=O)CS[C@H]3c2ccc(O)cc2)cc1Cl. The predicted molar refractivity (Wildman–Crippen MR) is 109 cm³/mol. The van der Waals surface area contributed by atoms with Crippen molar-refractivity contribution in [3.8, 4) is 11.4 Å². The summed E-state index contributed by atoms with van der Waals surface area (Å²) in [4.78, 5) is 12.4. The number of thioether (sulfide) groups is 1. The Morgan fingerprint density at radius 3 is 2.67 bits per heavy atom. The van der Waals surface area contributed by atoms with Gasteiger partial charge in [0.1, 0.15) is 11.6 Å². The zero-order valence-corrected chi connectivity index (χ0v) is 16.4. The van der Waals surface area contributed by atoms with E-state index in [1.807, 2.05) is 44.2 Å². The number of amides is 1. The van der Waals surface area contributed by atoms with Crippen molar-refractivity contribution in [1.82, 2.24) is 9.78 Å². The van der Waals surface area contributed by atoms with E-state index in [9.17, 15) is 9.90 Å². The van der Waals surface area contributed by atoms with E-state index >= 15 is 0 Å². The summed E-state index contributed by atoms with van der Waals surface area (Å²) in [5.74, 6) is 1.16. The van der Waals surface area contributed by atoms with Crippen LogP contribution in [-0.2, 0) is 4.79 Å². The van der Waals surface area contributed by atoms with E-state index in [2.05, 4.69) is 10.4 Å². The van der Waals surface area contributed by atoms with Crippen LogP contribution in [-0.4, -0.2) is 26.5 Å². The number of carbonyl (C=O) groups excluding carboxylic acids is 1. The molecule has 4 rings (SSSR count). The number of fused-ring (bicyclic) bond motifs is 1. The summed E-state index contributed by atoms with van der Waals surface area (Å²) in [7, 11) is 0. The molecule has 5 nitrogen and oxygen atoms in total. The van der Waals surface area contributed by atoms with Gasteiger partial charge in [-0.2, -0.15) is 5.10 Å².